The number of rotatable bonds is 6. The average molecular weight is 558 g/mol. The molecule has 3 unspecified atom stereocenters. The summed E-state index contributed by atoms with van der Waals surface area (Å²) in [6.45, 7) is 1.79. The molecular formula is C30H27N3O4S2. The maximum atomic E-state index is 13.6. The van der Waals surface area contributed by atoms with Crippen molar-refractivity contribution in [3.05, 3.63) is 103 Å². The first-order valence-corrected chi connectivity index (χ1v) is 14.2. The van der Waals surface area contributed by atoms with Gasteiger partial charge in [0.15, 0.2) is 0 Å². The number of hydrogen-bond acceptors (Lipinski definition) is 6. The van der Waals surface area contributed by atoms with Gasteiger partial charge in [-0.1, -0.05) is 54.6 Å². The molecule has 1 aliphatic carbocycles. The molecule has 0 spiro atoms. The van der Waals surface area contributed by atoms with E-state index >= 15 is 0 Å². The summed E-state index contributed by atoms with van der Waals surface area (Å²) < 4.78 is 4.81. The Kier molecular flexibility index (Phi) is 8.09. The minimum Gasteiger partial charge on any atom is -0.465 e. The summed E-state index contributed by atoms with van der Waals surface area (Å²) in [4.78, 5) is 42.2. The molecule has 5 rings (SSSR count). The number of esters is 1. The smallest absolute Gasteiger partial charge is 0.339 e. The van der Waals surface area contributed by atoms with Crippen molar-refractivity contribution in [1.82, 2.24) is 0 Å². The Morgan fingerprint density at radius 2 is 1.72 bits per heavy atom. The molecule has 0 fully saturated rings. The number of amides is 3. The Morgan fingerprint density at radius 1 is 0.949 bits per heavy atom. The second kappa shape index (κ2) is 11.8. The lowest BCUT2D eigenvalue weighted by Gasteiger charge is -2.40. The number of benzene rings is 3. The molecule has 0 radical (unpaired) electrons. The third kappa shape index (κ3) is 5.89. The van der Waals surface area contributed by atoms with Crippen LogP contribution in [-0.2, 0) is 9.53 Å². The van der Waals surface area contributed by atoms with Crippen LogP contribution in [0, 0.1) is 0 Å². The average Bonchev–Trinajstić information content (AvgIpc) is 2.95. The molecule has 7 nitrogen and oxygen atoms in total. The maximum absolute atomic E-state index is 13.6. The monoisotopic (exact) mass is 557 g/mol. The highest BCUT2D eigenvalue weighted by Crippen LogP contribution is 2.43. The highest BCUT2D eigenvalue weighted by Gasteiger charge is 2.36. The fraction of sp³-hybridized carbons (Fsp3) is 0.167. The minimum atomic E-state index is -0.518. The van der Waals surface area contributed by atoms with Gasteiger partial charge in [-0.2, -0.15) is 0 Å². The summed E-state index contributed by atoms with van der Waals surface area (Å²) >= 11 is 3.12. The predicted octanol–water partition coefficient (Wildman–Crippen LogP) is 6.60. The molecule has 3 aromatic rings. The van der Waals surface area contributed by atoms with Crippen molar-refractivity contribution in [3.63, 3.8) is 0 Å². The van der Waals surface area contributed by atoms with E-state index in [9.17, 15) is 14.4 Å². The van der Waals surface area contributed by atoms with Crippen LogP contribution in [0.1, 0.15) is 17.3 Å². The first-order valence-electron chi connectivity index (χ1n) is 12.4. The molecule has 0 saturated carbocycles. The minimum absolute atomic E-state index is 0.0935. The number of urea groups is 1. The zero-order valence-electron chi connectivity index (χ0n) is 21.4. The van der Waals surface area contributed by atoms with Gasteiger partial charge in [0.1, 0.15) is 0 Å². The van der Waals surface area contributed by atoms with Gasteiger partial charge in [-0.25, -0.2) is 9.59 Å². The fourth-order valence-electron chi connectivity index (χ4n) is 4.43. The summed E-state index contributed by atoms with van der Waals surface area (Å²) in [6, 6.07) is 21.8. The lowest BCUT2D eigenvalue weighted by Crippen LogP contribution is -2.49. The Balaban J connectivity index is 1.28. The van der Waals surface area contributed by atoms with Crippen LogP contribution in [0.15, 0.2) is 107 Å². The number of hydrogen-bond donors (Lipinski definition) is 2. The van der Waals surface area contributed by atoms with E-state index in [0.717, 1.165) is 15.5 Å². The summed E-state index contributed by atoms with van der Waals surface area (Å²) in [5.74, 6) is -0.771. The third-order valence-corrected chi connectivity index (χ3v) is 8.72. The molecule has 9 heteroatoms. The number of nitrogens with zero attached hydrogens (tertiary/aromatic N) is 1. The van der Waals surface area contributed by atoms with Crippen LogP contribution < -0.4 is 15.5 Å². The van der Waals surface area contributed by atoms with E-state index in [1.807, 2.05) is 65.6 Å². The maximum Gasteiger partial charge on any atom is 0.339 e. The number of thioether (sulfide) groups is 2. The zero-order chi connectivity index (χ0) is 27.4. The van der Waals surface area contributed by atoms with Crippen molar-refractivity contribution < 1.29 is 19.1 Å². The van der Waals surface area contributed by atoms with Gasteiger partial charge in [0.2, 0.25) is 5.91 Å². The first-order chi connectivity index (χ1) is 18.9. The number of carbonyl (C=O) groups excluding carboxylic acids is 3. The quantitative estimate of drug-likeness (QED) is 0.262. The molecule has 198 valence electrons. The number of ether oxygens (including phenoxy) is 1. The van der Waals surface area contributed by atoms with Crippen molar-refractivity contribution in [2.24, 2.45) is 0 Å². The standard InChI is InChI=1S/C30H27N3O4S2/c1-19(28(34)32-23-13-4-3-12-22(23)29(35)37-2)38-21-11-9-10-20(18-21)31-30(36)33-24-14-5-7-16-26(24)39-27-17-8-6-15-25(27)33/h3-19,24,26H,1-2H3,(H,31,36)(H,32,34). The molecule has 2 aliphatic rings. The molecule has 3 aromatic carbocycles. The number of fused-ring (bicyclic) bond motifs is 2. The van der Waals surface area contributed by atoms with E-state index in [-0.39, 0.29) is 23.2 Å². The number of anilines is 3. The van der Waals surface area contributed by atoms with Crippen LogP contribution in [0.4, 0.5) is 21.9 Å². The van der Waals surface area contributed by atoms with Gasteiger partial charge in [0.05, 0.1) is 40.6 Å². The number of nitrogens with one attached hydrogen (secondary N) is 2. The molecule has 1 aliphatic heterocycles. The molecule has 3 amide bonds. The molecular weight excluding hydrogens is 530 g/mol. The van der Waals surface area contributed by atoms with Crippen molar-refractivity contribution in [1.29, 1.82) is 0 Å². The second-order valence-electron chi connectivity index (χ2n) is 8.93. The summed E-state index contributed by atoms with van der Waals surface area (Å²) in [5.41, 5.74) is 2.20. The van der Waals surface area contributed by atoms with E-state index in [2.05, 4.69) is 22.8 Å². The largest absolute Gasteiger partial charge is 0.465 e. The Hall–Kier alpha value is -3.95. The normalized spacial score (nSPS) is 17.9. The number of allylic oxidation sites excluding steroid dienone is 2. The summed E-state index contributed by atoms with van der Waals surface area (Å²) in [6.07, 6.45) is 8.17. The topological polar surface area (TPSA) is 87.7 Å². The molecule has 1 heterocycles. The molecule has 2 N–H and O–H groups in total. The van der Waals surface area contributed by atoms with Crippen molar-refractivity contribution in [3.8, 4) is 0 Å². The molecule has 0 saturated heterocycles. The highest BCUT2D eigenvalue weighted by molar-refractivity contribution is 8.00. The van der Waals surface area contributed by atoms with Gasteiger partial charge in [-0.15, -0.1) is 23.5 Å². The lowest BCUT2D eigenvalue weighted by molar-refractivity contribution is -0.115. The Morgan fingerprint density at radius 3 is 2.56 bits per heavy atom. The number of para-hydroxylation sites is 2. The lowest BCUT2D eigenvalue weighted by atomic mass is 10.1. The van der Waals surface area contributed by atoms with Crippen LogP contribution in [0.3, 0.4) is 0 Å². The van der Waals surface area contributed by atoms with Crippen LogP contribution in [0.25, 0.3) is 0 Å². The predicted molar refractivity (Wildman–Crippen MR) is 158 cm³/mol. The second-order valence-corrected chi connectivity index (χ2v) is 11.6. The van der Waals surface area contributed by atoms with E-state index in [0.29, 0.717) is 16.9 Å². The van der Waals surface area contributed by atoms with E-state index in [4.69, 9.17) is 4.74 Å². The summed E-state index contributed by atoms with van der Waals surface area (Å²) in [5, 5.41) is 5.54. The van der Waals surface area contributed by atoms with Gasteiger partial charge in [0, 0.05) is 15.5 Å². The summed E-state index contributed by atoms with van der Waals surface area (Å²) in [7, 11) is 1.30. The van der Waals surface area contributed by atoms with E-state index < -0.39 is 11.2 Å². The highest BCUT2D eigenvalue weighted by atomic mass is 32.2. The van der Waals surface area contributed by atoms with Gasteiger partial charge in [-0.05, 0) is 49.4 Å². The van der Waals surface area contributed by atoms with Gasteiger partial charge < -0.3 is 15.4 Å². The van der Waals surface area contributed by atoms with Crippen molar-refractivity contribution in [2.45, 2.75) is 33.3 Å². The number of carbonyl (C=O) groups is 3. The molecule has 39 heavy (non-hydrogen) atoms. The Bertz CT molecular complexity index is 1470. The molecule has 3 atom stereocenters. The van der Waals surface area contributed by atoms with E-state index in [1.54, 1.807) is 43.0 Å². The van der Waals surface area contributed by atoms with Crippen LogP contribution in [0.5, 0.6) is 0 Å². The van der Waals surface area contributed by atoms with Crippen molar-refractivity contribution in [2.75, 3.05) is 22.6 Å². The molecule has 0 aromatic heterocycles. The van der Waals surface area contributed by atoms with Crippen molar-refractivity contribution >= 4 is 58.5 Å². The Labute approximate surface area is 235 Å². The van der Waals surface area contributed by atoms with Gasteiger partial charge >= 0.3 is 12.0 Å². The van der Waals surface area contributed by atoms with Crippen LogP contribution in [0.2, 0.25) is 0 Å². The third-order valence-electron chi connectivity index (χ3n) is 6.32. The van der Waals surface area contributed by atoms with Crippen LogP contribution in [-0.4, -0.2) is 41.6 Å². The first kappa shape index (κ1) is 26.6. The van der Waals surface area contributed by atoms with Gasteiger partial charge in [-0.3, -0.25) is 9.69 Å². The zero-order valence-corrected chi connectivity index (χ0v) is 23.0. The fourth-order valence-corrected chi connectivity index (χ4v) is 6.61. The molecule has 0 bridgehead atoms. The van der Waals surface area contributed by atoms with Gasteiger partial charge in [0.25, 0.3) is 0 Å². The van der Waals surface area contributed by atoms with Crippen LogP contribution >= 0.6 is 23.5 Å². The SMILES string of the molecule is COC(=O)c1ccccc1NC(=O)C(C)Sc1cccc(NC(=O)N2c3ccccc3SC3C=CC=CC32)c1. The van der Waals surface area contributed by atoms with E-state index in [1.165, 1.54) is 18.9 Å². The number of methoxy groups -OCH3 is 1.